The molecule has 3 aromatic carbocycles. The summed E-state index contributed by atoms with van der Waals surface area (Å²) in [5, 5.41) is 0. The second kappa shape index (κ2) is 9.44. The molecule has 0 aliphatic rings. The van der Waals surface area contributed by atoms with Gasteiger partial charge >= 0.3 is 0 Å². The summed E-state index contributed by atoms with van der Waals surface area (Å²) in [6.07, 6.45) is 4.35. The molecule has 0 fully saturated rings. The van der Waals surface area contributed by atoms with E-state index in [0.29, 0.717) is 0 Å². The van der Waals surface area contributed by atoms with E-state index in [1.165, 1.54) is 50.3 Å². The van der Waals surface area contributed by atoms with Gasteiger partial charge in [0.2, 0.25) is 11.4 Å². The zero-order valence-corrected chi connectivity index (χ0v) is 20.1. The van der Waals surface area contributed by atoms with Crippen LogP contribution in [0.4, 0.5) is 0 Å². The number of pyridine rings is 2. The number of nitrogens with zero attached hydrogens (tertiary/aromatic N) is 2. The molecule has 2 heterocycles. The molecule has 0 spiro atoms. The van der Waals surface area contributed by atoms with Crippen LogP contribution in [0.2, 0.25) is 0 Å². The second-order valence-electron chi connectivity index (χ2n) is 8.91. The van der Waals surface area contributed by atoms with Gasteiger partial charge in [-0.05, 0) is 54.3 Å². The standard InChI is InChI=1S/C32H30N2/c1-24-12-4-7-15-28(24)26-19-21-34(32(22-26)29-16-8-5-13-25(29)2)23-27-14-6-9-17-30(27)31-18-10-11-20-33(31)3/h4-22H,23H2,1-3H3/q+2. The average Bonchev–Trinajstić information content (AvgIpc) is 2.86. The van der Waals surface area contributed by atoms with Gasteiger partial charge in [0.05, 0.1) is 5.56 Å². The number of benzene rings is 3. The highest BCUT2D eigenvalue weighted by molar-refractivity contribution is 5.72. The molecule has 166 valence electrons. The highest BCUT2D eigenvalue weighted by Gasteiger charge is 2.21. The molecule has 0 atom stereocenters. The molecule has 0 bridgehead atoms. The minimum absolute atomic E-state index is 0.794. The van der Waals surface area contributed by atoms with Crippen LogP contribution in [0.1, 0.15) is 16.7 Å². The van der Waals surface area contributed by atoms with E-state index < -0.39 is 0 Å². The number of aryl methyl sites for hydroxylation is 3. The van der Waals surface area contributed by atoms with Gasteiger partial charge in [-0.25, -0.2) is 4.57 Å². The molecule has 0 radical (unpaired) electrons. The Labute approximate surface area is 202 Å². The van der Waals surface area contributed by atoms with Crippen molar-refractivity contribution in [2.24, 2.45) is 7.05 Å². The Balaban J connectivity index is 1.66. The number of rotatable bonds is 5. The summed E-state index contributed by atoms with van der Waals surface area (Å²) in [6.45, 7) is 5.17. The predicted octanol–water partition coefficient (Wildman–Crippen LogP) is 6.46. The highest BCUT2D eigenvalue weighted by Crippen LogP contribution is 2.28. The van der Waals surface area contributed by atoms with E-state index in [1.54, 1.807) is 0 Å². The first-order valence-corrected chi connectivity index (χ1v) is 11.8. The molecule has 0 aliphatic heterocycles. The average molecular weight is 443 g/mol. The van der Waals surface area contributed by atoms with Gasteiger partial charge in [-0.1, -0.05) is 60.7 Å². The molecule has 2 heteroatoms. The molecule has 5 rings (SSSR count). The normalized spacial score (nSPS) is 10.9. The van der Waals surface area contributed by atoms with Crippen molar-refractivity contribution in [3.8, 4) is 33.6 Å². The molecule has 0 unspecified atom stereocenters. The van der Waals surface area contributed by atoms with Crippen LogP contribution < -0.4 is 9.13 Å². The van der Waals surface area contributed by atoms with Crippen LogP contribution in [-0.4, -0.2) is 0 Å². The van der Waals surface area contributed by atoms with Gasteiger partial charge < -0.3 is 0 Å². The van der Waals surface area contributed by atoms with E-state index >= 15 is 0 Å². The van der Waals surface area contributed by atoms with Crippen molar-refractivity contribution in [3.63, 3.8) is 0 Å². The Hall–Kier alpha value is -4.04. The summed E-state index contributed by atoms with van der Waals surface area (Å²) >= 11 is 0. The summed E-state index contributed by atoms with van der Waals surface area (Å²) in [5.74, 6) is 0. The van der Waals surface area contributed by atoms with E-state index in [4.69, 9.17) is 0 Å². The third-order valence-electron chi connectivity index (χ3n) is 6.60. The van der Waals surface area contributed by atoms with Crippen molar-refractivity contribution < 1.29 is 9.13 Å². The number of hydrogen-bond donors (Lipinski definition) is 0. The Kier molecular flexibility index (Phi) is 6.05. The van der Waals surface area contributed by atoms with E-state index in [1.807, 2.05) is 0 Å². The van der Waals surface area contributed by atoms with Crippen molar-refractivity contribution in [1.82, 2.24) is 0 Å². The molecular formula is C32H30N2+2. The fraction of sp³-hybridized carbons (Fsp3) is 0.125. The molecule has 2 aromatic heterocycles. The highest BCUT2D eigenvalue weighted by atomic mass is 15.0. The summed E-state index contributed by atoms with van der Waals surface area (Å²) in [6, 6.07) is 36.9. The second-order valence-corrected chi connectivity index (χ2v) is 8.91. The molecule has 0 aliphatic carbocycles. The third kappa shape index (κ3) is 4.27. The van der Waals surface area contributed by atoms with Crippen LogP contribution in [0.5, 0.6) is 0 Å². The van der Waals surface area contributed by atoms with Gasteiger partial charge in [-0.15, -0.1) is 0 Å². The first-order valence-electron chi connectivity index (χ1n) is 11.8. The van der Waals surface area contributed by atoms with Crippen molar-refractivity contribution >= 4 is 0 Å². The Morgan fingerprint density at radius 1 is 0.559 bits per heavy atom. The first kappa shape index (κ1) is 21.8. The van der Waals surface area contributed by atoms with Crippen molar-refractivity contribution in [3.05, 3.63) is 132 Å². The zero-order valence-electron chi connectivity index (χ0n) is 20.1. The summed E-state index contributed by atoms with van der Waals surface area (Å²) in [7, 11) is 2.11. The fourth-order valence-electron chi connectivity index (χ4n) is 4.72. The lowest BCUT2D eigenvalue weighted by atomic mass is 9.97. The fourth-order valence-corrected chi connectivity index (χ4v) is 4.72. The minimum atomic E-state index is 0.794. The monoisotopic (exact) mass is 442 g/mol. The summed E-state index contributed by atoms with van der Waals surface area (Å²) < 4.78 is 4.57. The lowest BCUT2D eigenvalue weighted by molar-refractivity contribution is -0.677. The largest absolute Gasteiger partial charge is 0.213 e. The summed E-state index contributed by atoms with van der Waals surface area (Å²) in [5.41, 5.74) is 11.4. The lowest BCUT2D eigenvalue weighted by Crippen LogP contribution is -2.37. The van der Waals surface area contributed by atoms with Crippen molar-refractivity contribution in [2.45, 2.75) is 20.4 Å². The van der Waals surface area contributed by atoms with Crippen LogP contribution in [0, 0.1) is 13.8 Å². The van der Waals surface area contributed by atoms with Gasteiger partial charge in [0.25, 0.3) is 0 Å². The third-order valence-corrected chi connectivity index (χ3v) is 6.60. The van der Waals surface area contributed by atoms with Crippen LogP contribution in [0.3, 0.4) is 0 Å². The molecule has 0 saturated heterocycles. The predicted molar refractivity (Wildman–Crippen MR) is 139 cm³/mol. The first-order chi connectivity index (χ1) is 16.6. The molecular weight excluding hydrogens is 412 g/mol. The maximum atomic E-state index is 2.38. The molecule has 2 nitrogen and oxygen atoms in total. The van der Waals surface area contributed by atoms with E-state index in [9.17, 15) is 0 Å². The van der Waals surface area contributed by atoms with Gasteiger partial charge in [0.15, 0.2) is 18.9 Å². The summed E-state index contributed by atoms with van der Waals surface area (Å²) in [4.78, 5) is 0. The quantitative estimate of drug-likeness (QED) is 0.276. The van der Waals surface area contributed by atoms with Gasteiger partial charge in [0.1, 0.15) is 7.05 Å². The zero-order chi connectivity index (χ0) is 23.5. The van der Waals surface area contributed by atoms with Crippen LogP contribution in [0.15, 0.2) is 116 Å². The minimum Gasteiger partial charge on any atom is -0.201 e. The Bertz CT molecular complexity index is 1470. The topological polar surface area (TPSA) is 7.76 Å². The van der Waals surface area contributed by atoms with Crippen LogP contribution >= 0.6 is 0 Å². The molecule has 0 N–H and O–H groups in total. The smallest absolute Gasteiger partial charge is 0.201 e. The van der Waals surface area contributed by atoms with E-state index in [2.05, 4.69) is 146 Å². The van der Waals surface area contributed by atoms with Gasteiger partial charge in [-0.2, -0.15) is 4.57 Å². The molecule has 34 heavy (non-hydrogen) atoms. The molecule has 0 saturated carbocycles. The lowest BCUT2D eigenvalue weighted by Gasteiger charge is -2.12. The maximum Gasteiger partial charge on any atom is 0.213 e. The van der Waals surface area contributed by atoms with E-state index in [-0.39, 0.29) is 0 Å². The van der Waals surface area contributed by atoms with E-state index in [0.717, 1.165) is 6.54 Å². The number of hydrogen-bond acceptors (Lipinski definition) is 0. The van der Waals surface area contributed by atoms with Crippen LogP contribution in [0.25, 0.3) is 33.6 Å². The molecule has 0 amide bonds. The maximum absolute atomic E-state index is 2.38. The van der Waals surface area contributed by atoms with Gasteiger partial charge in [-0.3, -0.25) is 0 Å². The SMILES string of the molecule is Cc1ccccc1-c1cc[n+](Cc2ccccc2-c2cccc[n+]2C)c(-c2ccccc2C)c1. The number of aromatic nitrogens is 2. The Morgan fingerprint density at radius 2 is 1.18 bits per heavy atom. The Morgan fingerprint density at radius 3 is 1.88 bits per heavy atom. The van der Waals surface area contributed by atoms with Crippen molar-refractivity contribution in [2.75, 3.05) is 0 Å². The van der Waals surface area contributed by atoms with Crippen LogP contribution in [-0.2, 0) is 13.6 Å². The van der Waals surface area contributed by atoms with Gasteiger partial charge in [0, 0.05) is 35.4 Å². The van der Waals surface area contributed by atoms with Crippen molar-refractivity contribution in [1.29, 1.82) is 0 Å². The molecule has 5 aromatic rings.